The number of hydrogen-bond donors (Lipinski definition) is 0. The van der Waals surface area contributed by atoms with Crippen molar-refractivity contribution in [1.29, 1.82) is 0 Å². The molecule has 0 fully saturated rings. The number of hydrogen-bond acceptors (Lipinski definition) is 3. The van der Waals surface area contributed by atoms with E-state index in [1.54, 1.807) is 6.33 Å². The van der Waals surface area contributed by atoms with Gasteiger partial charge >= 0.3 is 0 Å². The maximum atomic E-state index is 4.80. The molecule has 142 valence electrons. The maximum absolute atomic E-state index is 4.80. The Morgan fingerprint density at radius 3 is 2.31 bits per heavy atom. The molecular formula is C24H21N5. The Bertz CT molecular complexity index is 1310. The summed E-state index contributed by atoms with van der Waals surface area (Å²) in [6.45, 7) is 6.26. The molecule has 0 amide bonds. The van der Waals surface area contributed by atoms with E-state index in [0.717, 1.165) is 39.6 Å². The molecule has 0 saturated carbocycles. The Balaban J connectivity index is 1.67. The molecule has 5 heteroatoms. The summed E-state index contributed by atoms with van der Waals surface area (Å²) in [5, 5.41) is 8.61. The second-order valence-electron chi connectivity index (χ2n) is 7.30. The highest BCUT2D eigenvalue weighted by Gasteiger charge is 2.15. The molecule has 0 atom stereocenters. The SMILES string of the molecule is Cc1cccc(C)c1-n1cnnc1-c1ccc2c(c1)nc(C)n2-c1ccccc1. The molecule has 0 spiro atoms. The summed E-state index contributed by atoms with van der Waals surface area (Å²) in [7, 11) is 0. The molecule has 0 bridgehead atoms. The summed E-state index contributed by atoms with van der Waals surface area (Å²) >= 11 is 0. The van der Waals surface area contributed by atoms with Gasteiger partial charge in [0.2, 0.25) is 0 Å². The van der Waals surface area contributed by atoms with Crippen LogP contribution in [-0.4, -0.2) is 24.3 Å². The van der Waals surface area contributed by atoms with Crippen LogP contribution in [0.5, 0.6) is 0 Å². The average molecular weight is 379 g/mol. The molecular weight excluding hydrogens is 358 g/mol. The van der Waals surface area contributed by atoms with E-state index in [2.05, 4.69) is 81.7 Å². The van der Waals surface area contributed by atoms with Crippen molar-refractivity contribution >= 4 is 11.0 Å². The number of nitrogens with zero attached hydrogens (tertiary/aromatic N) is 5. The minimum absolute atomic E-state index is 0.816. The molecule has 0 aliphatic rings. The summed E-state index contributed by atoms with van der Waals surface area (Å²) in [5.74, 6) is 1.77. The van der Waals surface area contributed by atoms with Gasteiger partial charge in [0.25, 0.3) is 0 Å². The van der Waals surface area contributed by atoms with Crippen molar-refractivity contribution in [3.8, 4) is 22.8 Å². The lowest BCUT2D eigenvalue weighted by Gasteiger charge is -2.13. The van der Waals surface area contributed by atoms with Gasteiger partial charge in [-0.25, -0.2) is 4.98 Å². The van der Waals surface area contributed by atoms with Crippen LogP contribution in [0.1, 0.15) is 17.0 Å². The summed E-state index contributed by atoms with van der Waals surface area (Å²) in [5.41, 5.74) is 7.64. The van der Waals surface area contributed by atoms with Gasteiger partial charge < -0.3 is 0 Å². The number of para-hydroxylation sites is 2. The van der Waals surface area contributed by atoms with Crippen molar-refractivity contribution in [3.05, 3.63) is 90.0 Å². The smallest absolute Gasteiger partial charge is 0.168 e. The van der Waals surface area contributed by atoms with Crippen molar-refractivity contribution in [1.82, 2.24) is 24.3 Å². The van der Waals surface area contributed by atoms with Crippen LogP contribution in [0.25, 0.3) is 33.8 Å². The molecule has 0 aliphatic carbocycles. The summed E-state index contributed by atoms with van der Waals surface area (Å²) in [4.78, 5) is 4.80. The van der Waals surface area contributed by atoms with Gasteiger partial charge in [0.1, 0.15) is 12.2 Å². The van der Waals surface area contributed by atoms with Gasteiger partial charge in [-0.1, -0.05) is 36.4 Å². The zero-order valence-electron chi connectivity index (χ0n) is 16.7. The second kappa shape index (κ2) is 6.71. The number of imidazole rings is 1. The molecule has 3 aromatic carbocycles. The number of fused-ring (bicyclic) bond motifs is 1. The molecule has 5 nitrogen and oxygen atoms in total. The molecule has 0 unspecified atom stereocenters. The average Bonchev–Trinajstić information content (AvgIpc) is 3.32. The van der Waals surface area contributed by atoms with Crippen molar-refractivity contribution in [2.75, 3.05) is 0 Å². The van der Waals surface area contributed by atoms with Crippen LogP contribution in [0.2, 0.25) is 0 Å². The highest BCUT2D eigenvalue weighted by atomic mass is 15.3. The molecule has 2 heterocycles. The minimum atomic E-state index is 0.816. The molecule has 0 aliphatic heterocycles. The third kappa shape index (κ3) is 2.83. The normalized spacial score (nSPS) is 11.3. The van der Waals surface area contributed by atoms with Crippen LogP contribution in [0, 0.1) is 20.8 Å². The molecule has 5 rings (SSSR count). The number of benzene rings is 3. The van der Waals surface area contributed by atoms with E-state index in [0.29, 0.717) is 0 Å². The van der Waals surface area contributed by atoms with Crippen LogP contribution >= 0.6 is 0 Å². The summed E-state index contributed by atoms with van der Waals surface area (Å²) < 4.78 is 4.24. The summed E-state index contributed by atoms with van der Waals surface area (Å²) in [6, 6.07) is 22.9. The maximum Gasteiger partial charge on any atom is 0.168 e. The Hall–Kier alpha value is -3.73. The van der Waals surface area contributed by atoms with Gasteiger partial charge in [0.15, 0.2) is 5.82 Å². The number of aryl methyl sites for hydroxylation is 3. The van der Waals surface area contributed by atoms with E-state index in [1.165, 1.54) is 11.1 Å². The van der Waals surface area contributed by atoms with Gasteiger partial charge in [0.05, 0.1) is 16.7 Å². The largest absolute Gasteiger partial charge is 0.297 e. The molecule has 29 heavy (non-hydrogen) atoms. The van der Waals surface area contributed by atoms with E-state index in [9.17, 15) is 0 Å². The fourth-order valence-electron chi connectivity index (χ4n) is 4.02. The minimum Gasteiger partial charge on any atom is -0.297 e. The number of rotatable bonds is 3. The Morgan fingerprint density at radius 2 is 1.55 bits per heavy atom. The first-order chi connectivity index (χ1) is 14.1. The van der Waals surface area contributed by atoms with Gasteiger partial charge in [-0.15, -0.1) is 10.2 Å². The van der Waals surface area contributed by atoms with E-state index >= 15 is 0 Å². The van der Waals surface area contributed by atoms with Gasteiger partial charge in [-0.3, -0.25) is 9.13 Å². The third-order valence-electron chi connectivity index (χ3n) is 5.32. The predicted octanol–water partition coefficient (Wildman–Crippen LogP) is 5.20. The lowest BCUT2D eigenvalue weighted by Crippen LogP contribution is -2.01. The van der Waals surface area contributed by atoms with Crippen LogP contribution in [0.15, 0.2) is 73.1 Å². The first-order valence-corrected chi connectivity index (χ1v) is 9.65. The first kappa shape index (κ1) is 17.4. The zero-order valence-corrected chi connectivity index (χ0v) is 16.7. The van der Waals surface area contributed by atoms with Crippen molar-refractivity contribution in [2.24, 2.45) is 0 Å². The highest BCUT2D eigenvalue weighted by molar-refractivity contribution is 5.83. The Labute approximate surface area is 169 Å². The van der Waals surface area contributed by atoms with E-state index in [4.69, 9.17) is 4.98 Å². The van der Waals surface area contributed by atoms with E-state index < -0.39 is 0 Å². The van der Waals surface area contributed by atoms with Gasteiger partial charge in [0, 0.05) is 11.3 Å². The van der Waals surface area contributed by atoms with Crippen molar-refractivity contribution in [3.63, 3.8) is 0 Å². The zero-order chi connectivity index (χ0) is 20.0. The predicted molar refractivity (Wildman–Crippen MR) is 116 cm³/mol. The van der Waals surface area contributed by atoms with Crippen LogP contribution in [0.4, 0.5) is 0 Å². The fraction of sp³-hybridized carbons (Fsp3) is 0.125. The molecule has 2 aromatic heterocycles. The van der Waals surface area contributed by atoms with Gasteiger partial charge in [-0.05, 0) is 62.2 Å². The van der Waals surface area contributed by atoms with Crippen LogP contribution in [-0.2, 0) is 0 Å². The van der Waals surface area contributed by atoms with Crippen molar-refractivity contribution < 1.29 is 0 Å². The number of aromatic nitrogens is 5. The second-order valence-corrected chi connectivity index (χ2v) is 7.30. The molecule has 5 aromatic rings. The lowest BCUT2D eigenvalue weighted by molar-refractivity contribution is 1.00. The van der Waals surface area contributed by atoms with E-state index in [1.807, 2.05) is 25.1 Å². The molecule has 0 radical (unpaired) electrons. The topological polar surface area (TPSA) is 48.5 Å². The summed E-state index contributed by atoms with van der Waals surface area (Å²) in [6.07, 6.45) is 1.78. The first-order valence-electron chi connectivity index (χ1n) is 9.65. The Morgan fingerprint density at radius 1 is 0.793 bits per heavy atom. The monoisotopic (exact) mass is 379 g/mol. The molecule has 0 N–H and O–H groups in total. The molecule has 0 saturated heterocycles. The highest BCUT2D eigenvalue weighted by Crippen LogP contribution is 2.29. The fourth-order valence-corrected chi connectivity index (χ4v) is 4.02. The van der Waals surface area contributed by atoms with Crippen LogP contribution < -0.4 is 0 Å². The lowest BCUT2D eigenvalue weighted by atomic mass is 10.1. The van der Waals surface area contributed by atoms with Crippen molar-refractivity contribution in [2.45, 2.75) is 20.8 Å². The van der Waals surface area contributed by atoms with Gasteiger partial charge in [-0.2, -0.15) is 0 Å². The van der Waals surface area contributed by atoms with E-state index in [-0.39, 0.29) is 0 Å². The van der Waals surface area contributed by atoms with Crippen LogP contribution in [0.3, 0.4) is 0 Å². The standard InChI is InChI=1S/C24H21N5/c1-16-8-7-9-17(2)23(16)28-15-25-27-24(28)19-12-13-22-21(14-19)26-18(3)29(22)20-10-5-4-6-11-20/h4-15H,1-3H3. The third-order valence-corrected chi connectivity index (χ3v) is 5.32. The Kier molecular flexibility index (Phi) is 4.02. The quantitative estimate of drug-likeness (QED) is 0.433.